The molecule has 4 aromatic rings. The van der Waals surface area contributed by atoms with Crippen LogP contribution in [0.15, 0.2) is 60.7 Å². The van der Waals surface area contributed by atoms with E-state index in [-0.39, 0.29) is 11.7 Å². The van der Waals surface area contributed by atoms with Gasteiger partial charge in [-0.25, -0.2) is 9.18 Å². The Labute approximate surface area is 145 Å². The Hall–Kier alpha value is -2.92. The molecule has 0 saturated heterocycles. The first-order valence-corrected chi connectivity index (χ1v) is 8.87. The quantitative estimate of drug-likeness (QED) is 0.390. The predicted octanol–water partition coefficient (Wildman–Crippen LogP) is 5.36. The van der Waals surface area contributed by atoms with Crippen LogP contribution in [0.3, 0.4) is 0 Å². The number of rotatable bonds is 2. The number of halogens is 1. The van der Waals surface area contributed by atoms with Gasteiger partial charge in [0.25, 0.3) is 0 Å². The maximum absolute atomic E-state index is 13.9. The second-order valence-electron chi connectivity index (χ2n) is 5.62. The number of carbonyl (C=O) groups excluding carboxylic acids is 1. The van der Waals surface area contributed by atoms with Gasteiger partial charge in [0.2, 0.25) is 0 Å². The SMILES string of the molecule is COC(=O)c1ccc2c(c1)c1ccccc1[s+]2-c1ccc(O)c(F)c1. The van der Waals surface area contributed by atoms with Gasteiger partial charge in [0, 0.05) is 33.4 Å². The second kappa shape index (κ2) is 5.86. The van der Waals surface area contributed by atoms with Crippen molar-refractivity contribution in [2.24, 2.45) is 0 Å². The average molecular weight is 353 g/mol. The van der Waals surface area contributed by atoms with Crippen LogP contribution in [0.5, 0.6) is 5.75 Å². The third-order valence-corrected chi connectivity index (χ3v) is 6.49. The Bertz CT molecular complexity index is 1130. The van der Waals surface area contributed by atoms with Crippen LogP contribution in [-0.4, -0.2) is 18.2 Å². The Kier molecular flexibility index (Phi) is 3.66. The first-order valence-electron chi connectivity index (χ1n) is 7.64. The molecule has 124 valence electrons. The summed E-state index contributed by atoms with van der Waals surface area (Å²) in [5.74, 6) is -1.38. The molecule has 25 heavy (non-hydrogen) atoms. The van der Waals surface area contributed by atoms with Crippen molar-refractivity contribution in [3.8, 4) is 10.6 Å². The summed E-state index contributed by atoms with van der Waals surface area (Å²) in [5, 5.41) is 11.5. The molecule has 0 fully saturated rings. The van der Waals surface area contributed by atoms with Crippen LogP contribution >= 0.6 is 10.5 Å². The number of ether oxygens (including phenoxy) is 1. The molecule has 0 bridgehead atoms. The van der Waals surface area contributed by atoms with Gasteiger partial charge in [-0.15, -0.1) is 0 Å². The van der Waals surface area contributed by atoms with Gasteiger partial charge in [-0.05, 0) is 36.4 Å². The van der Waals surface area contributed by atoms with Crippen LogP contribution in [0.4, 0.5) is 4.39 Å². The summed E-state index contributed by atoms with van der Waals surface area (Å²) in [5.41, 5.74) is 0.485. The van der Waals surface area contributed by atoms with Gasteiger partial charge >= 0.3 is 5.97 Å². The average Bonchev–Trinajstić information content (AvgIpc) is 2.97. The fourth-order valence-electron chi connectivity index (χ4n) is 3.02. The number of hydrogen-bond acceptors (Lipinski definition) is 3. The van der Waals surface area contributed by atoms with Crippen molar-refractivity contribution in [1.29, 1.82) is 0 Å². The second-order valence-corrected chi connectivity index (χ2v) is 7.58. The molecular formula is C20H14FO3S+. The summed E-state index contributed by atoms with van der Waals surface area (Å²) in [6.07, 6.45) is 0. The number of hydrogen-bond donors (Lipinski definition) is 1. The van der Waals surface area contributed by atoms with Crippen molar-refractivity contribution in [3.05, 3.63) is 72.0 Å². The molecule has 0 amide bonds. The minimum atomic E-state index is -0.637. The van der Waals surface area contributed by atoms with E-state index in [0.29, 0.717) is 5.56 Å². The van der Waals surface area contributed by atoms with Crippen molar-refractivity contribution in [2.75, 3.05) is 7.11 Å². The molecule has 0 aliphatic rings. The highest BCUT2D eigenvalue weighted by molar-refractivity contribution is 7.50. The highest BCUT2D eigenvalue weighted by atomic mass is 32.2. The number of phenols is 1. The maximum Gasteiger partial charge on any atom is 0.337 e. The van der Waals surface area contributed by atoms with Gasteiger partial charge in [0.1, 0.15) is 0 Å². The van der Waals surface area contributed by atoms with Crippen molar-refractivity contribution in [2.45, 2.75) is 0 Å². The van der Waals surface area contributed by atoms with E-state index < -0.39 is 16.3 Å². The molecule has 1 aromatic heterocycles. The monoisotopic (exact) mass is 353 g/mol. The number of benzene rings is 3. The molecule has 0 aliphatic heterocycles. The largest absolute Gasteiger partial charge is 0.505 e. The lowest BCUT2D eigenvalue weighted by molar-refractivity contribution is 0.0601. The van der Waals surface area contributed by atoms with Crippen LogP contribution in [0.1, 0.15) is 10.4 Å². The predicted molar refractivity (Wildman–Crippen MR) is 98.2 cm³/mol. The molecule has 4 rings (SSSR count). The molecule has 3 aromatic carbocycles. The van der Waals surface area contributed by atoms with E-state index in [1.165, 1.54) is 19.2 Å². The van der Waals surface area contributed by atoms with E-state index >= 15 is 0 Å². The summed E-state index contributed by atoms with van der Waals surface area (Å²) in [4.78, 5) is 12.6. The number of methoxy groups -OCH3 is 1. The molecule has 0 aliphatic carbocycles. The molecule has 1 unspecified atom stereocenters. The standard InChI is InChI=1S/C20H13FO3S/c1-24-20(23)12-6-9-19-15(10-12)14-4-2-3-5-18(14)25(19)13-7-8-17(22)16(21)11-13/h2-11H,1H3/p+1. The van der Waals surface area contributed by atoms with E-state index in [1.54, 1.807) is 12.1 Å². The van der Waals surface area contributed by atoms with Crippen LogP contribution < -0.4 is 0 Å². The molecule has 0 saturated carbocycles. The molecular weight excluding hydrogens is 339 g/mol. The van der Waals surface area contributed by atoms with Gasteiger partial charge in [-0.1, -0.05) is 12.1 Å². The van der Waals surface area contributed by atoms with E-state index in [2.05, 4.69) is 0 Å². The lowest BCUT2D eigenvalue weighted by Crippen LogP contribution is -2.00. The fraction of sp³-hybridized carbons (Fsp3) is 0.0500. The van der Waals surface area contributed by atoms with E-state index in [1.807, 2.05) is 36.4 Å². The van der Waals surface area contributed by atoms with Crippen LogP contribution in [-0.2, 0) is 4.74 Å². The number of aromatic hydroxyl groups is 1. The zero-order chi connectivity index (χ0) is 17.6. The molecule has 5 heteroatoms. The van der Waals surface area contributed by atoms with Crippen LogP contribution in [0.25, 0.3) is 25.1 Å². The molecule has 1 N–H and O–H groups in total. The number of thiophene rings is 1. The van der Waals surface area contributed by atoms with Crippen molar-refractivity contribution in [3.63, 3.8) is 0 Å². The third-order valence-electron chi connectivity index (χ3n) is 4.17. The summed E-state index contributed by atoms with van der Waals surface area (Å²) in [6.45, 7) is 0. The lowest BCUT2D eigenvalue weighted by Gasteiger charge is -1.98. The Balaban J connectivity index is 2.08. The van der Waals surface area contributed by atoms with Crippen LogP contribution in [0.2, 0.25) is 0 Å². The molecule has 0 radical (unpaired) electrons. The Morgan fingerprint density at radius 3 is 2.52 bits per heavy atom. The highest BCUT2D eigenvalue weighted by Gasteiger charge is 2.25. The fourth-order valence-corrected chi connectivity index (χ4v) is 5.39. The lowest BCUT2D eigenvalue weighted by atomic mass is 10.1. The summed E-state index contributed by atoms with van der Waals surface area (Å²) in [7, 11) is 0.869. The van der Waals surface area contributed by atoms with E-state index in [9.17, 15) is 14.3 Å². The normalized spacial score (nSPS) is 11.8. The molecule has 1 heterocycles. The number of carbonyl (C=O) groups is 1. The number of phenolic OH excluding ortho intramolecular Hbond substituents is 1. The Morgan fingerprint density at radius 2 is 1.76 bits per heavy atom. The number of esters is 1. The summed E-state index contributed by atoms with van der Waals surface area (Å²) < 4.78 is 20.8. The van der Waals surface area contributed by atoms with Gasteiger partial charge < -0.3 is 9.84 Å². The Morgan fingerprint density at radius 1 is 1.00 bits per heavy atom. The first-order chi connectivity index (χ1) is 12.1. The zero-order valence-electron chi connectivity index (χ0n) is 13.3. The topological polar surface area (TPSA) is 46.5 Å². The van der Waals surface area contributed by atoms with Gasteiger partial charge in [0.15, 0.2) is 25.9 Å². The minimum absolute atomic E-state index is 0.360. The maximum atomic E-state index is 13.9. The minimum Gasteiger partial charge on any atom is -0.505 e. The first kappa shape index (κ1) is 15.6. The molecule has 0 spiro atoms. The van der Waals surface area contributed by atoms with Gasteiger partial charge in [-0.2, -0.15) is 0 Å². The van der Waals surface area contributed by atoms with Crippen molar-refractivity contribution >= 4 is 36.6 Å². The van der Waals surface area contributed by atoms with E-state index in [0.717, 1.165) is 25.1 Å². The van der Waals surface area contributed by atoms with Gasteiger partial charge in [0.05, 0.1) is 12.7 Å². The van der Waals surface area contributed by atoms with E-state index in [4.69, 9.17) is 4.74 Å². The van der Waals surface area contributed by atoms with Gasteiger partial charge in [-0.3, -0.25) is 0 Å². The number of fused-ring (bicyclic) bond motifs is 3. The molecule has 3 nitrogen and oxygen atoms in total. The highest BCUT2D eigenvalue weighted by Crippen LogP contribution is 2.48. The zero-order valence-corrected chi connectivity index (χ0v) is 14.1. The molecule has 1 atom stereocenters. The van der Waals surface area contributed by atoms with Crippen LogP contribution in [0, 0.1) is 5.82 Å². The van der Waals surface area contributed by atoms with Crippen molar-refractivity contribution in [1.82, 2.24) is 0 Å². The summed E-state index contributed by atoms with van der Waals surface area (Å²) in [6, 6.07) is 17.8. The summed E-state index contributed by atoms with van der Waals surface area (Å²) >= 11 is 0. The van der Waals surface area contributed by atoms with Crippen molar-refractivity contribution < 1.29 is 19.0 Å². The third kappa shape index (κ3) is 2.44. The smallest absolute Gasteiger partial charge is 0.337 e.